The molecule has 0 amide bonds. The van der Waals surface area contributed by atoms with Crippen molar-refractivity contribution in [2.45, 2.75) is 50.2 Å². The topological polar surface area (TPSA) is 54.2 Å². The molecule has 4 nitrogen and oxygen atoms in total. The number of anilines is 1. The fraction of sp³-hybridized carbons (Fsp3) is 0.769. The van der Waals surface area contributed by atoms with Crippen molar-refractivity contribution in [1.29, 1.82) is 0 Å². The third-order valence-electron chi connectivity index (χ3n) is 4.35. The van der Waals surface area contributed by atoms with Crippen LogP contribution in [-0.4, -0.2) is 34.7 Å². The molecule has 18 heavy (non-hydrogen) atoms. The van der Waals surface area contributed by atoms with Gasteiger partial charge in [-0.25, -0.2) is 4.98 Å². The fourth-order valence-corrected chi connectivity index (χ4v) is 3.82. The molecule has 1 aromatic rings. The molecule has 5 heteroatoms. The third-order valence-corrected chi connectivity index (χ3v) is 5.05. The van der Waals surface area contributed by atoms with Crippen molar-refractivity contribution in [3.63, 3.8) is 0 Å². The zero-order chi connectivity index (χ0) is 12.4. The summed E-state index contributed by atoms with van der Waals surface area (Å²) in [5.41, 5.74) is 6.55. The van der Waals surface area contributed by atoms with Crippen molar-refractivity contribution in [2.24, 2.45) is 5.73 Å². The number of aromatic nitrogens is 1. The Balaban J connectivity index is 1.54. The van der Waals surface area contributed by atoms with E-state index >= 15 is 0 Å². The highest BCUT2D eigenvalue weighted by Gasteiger charge is 2.37. The molecule has 2 fully saturated rings. The van der Waals surface area contributed by atoms with Crippen LogP contribution in [0.15, 0.2) is 11.6 Å². The van der Waals surface area contributed by atoms with Gasteiger partial charge in [-0.2, -0.15) is 0 Å². The van der Waals surface area contributed by atoms with E-state index in [0.717, 1.165) is 30.8 Å². The van der Waals surface area contributed by atoms with Crippen LogP contribution in [-0.2, 0) is 0 Å². The van der Waals surface area contributed by atoms with Gasteiger partial charge in [0.2, 0.25) is 0 Å². The first-order valence-corrected chi connectivity index (χ1v) is 7.84. The van der Waals surface area contributed by atoms with Crippen LogP contribution in [0.4, 0.5) is 5.13 Å². The Morgan fingerprint density at radius 2 is 2.06 bits per heavy atom. The van der Waals surface area contributed by atoms with E-state index in [9.17, 15) is 0 Å². The van der Waals surface area contributed by atoms with E-state index in [4.69, 9.17) is 5.73 Å². The lowest BCUT2D eigenvalue weighted by Crippen LogP contribution is -2.57. The van der Waals surface area contributed by atoms with Crippen LogP contribution in [0.3, 0.4) is 0 Å². The van der Waals surface area contributed by atoms with Crippen LogP contribution in [0.25, 0.3) is 0 Å². The molecule has 1 aliphatic carbocycles. The van der Waals surface area contributed by atoms with Crippen LogP contribution in [0, 0.1) is 0 Å². The van der Waals surface area contributed by atoms with Crippen molar-refractivity contribution in [3.8, 4) is 0 Å². The molecule has 1 aliphatic heterocycles. The zero-order valence-corrected chi connectivity index (χ0v) is 11.6. The number of thiazole rings is 1. The second-order valence-corrected chi connectivity index (χ2v) is 6.45. The van der Waals surface area contributed by atoms with E-state index in [-0.39, 0.29) is 5.66 Å². The molecule has 0 unspecified atom stereocenters. The van der Waals surface area contributed by atoms with Gasteiger partial charge < -0.3 is 11.1 Å². The molecular formula is C13H22N4S. The molecule has 2 aliphatic rings. The molecule has 1 saturated heterocycles. The van der Waals surface area contributed by atoms with Gasteiger partial charge >= 0.3 is 0 Å². The summed E-state index contributed by atoms with van der Waals surface area (Å²) in [5.74, 6) is 0. The molecule has 2 heterocycles. The summed E-state index contributed by atoms with van der Waals surface area (Å²) in [6.45, 7) is 2.39. The Kier molecular flexibility index (Phi) is 3.54. The van der Waals surface area contributed by atoms with Crippen LogP contribution in [0.1, 0.15) is 38.5 Å². The minimum Gasteiger partial charge on any atom is -0.359 e. The van der Waals surface area contributed by atoms with E-state index in [1.165, 1.54) is 25.9 Å². The average Bonchev–Trinajstić information content (AvgIpc) is 3.04. The van der Waals surface area contributed by atoms with E-state index in [0.29, 0.717) is 6.04 Å². The van der Waals surface area contributed by atoms with E-state index < -0.39 is 0 Å². The number of nitrogens with two attached hydrogens (primary N) is 1. The molecule has 0 atom stereocenters. The first kappa shape index (κ1) is 12.4. The van der Waals surface area contributed by atoms with Crippen molar-refractivity contribution >= 4 is 16.5 Å². The van der Waals surface area contributed by atoms with Gasteiger partial charge in [0, 0.05) is 17.6 Å². The maximum atomic E-state index is 6.59. The van der Waals surface area contributed by atoms with Crippen molar-refractivity contribution in [1.82, 2.24) is 9.88 Å². The van der Waals surface area contributed by atoms with Gasteiger partial charge in [-0.15, -0.1) is 11.3 Å². The molecule has 3 rings (SSSR count). The maximum Gasteiger partial charge on any atom is 0.182 e. The fourth-order valence-electron chi connectivity index (χ4n) is 3.21. The minimum atomic E-state index is -0.0302. The molecular weight excluding hydrogens is 244 g/mol. The summed E-state index contributed by atoms with van der Waals surface area (Å²) < 4.78 is 0. The molecule has 0 aromatic carbocycles. The van der Waals surface area contributed by atoms with Crippen molar-refractivity contribution < 1.29 is 0 Å². The highest BCUT2D eigenvalue weighted by molar-refractivity contribution is 7.13. The Morgan fingerprint density at radius 3 is 2.67 bits per heavy atom. The second kappa shape index (κ2) is 5.15. The van der Waals surface area contributed by atoms with Gasteiger partial charge in [0.1, 0.15) is 0 Å². The number of hydrogen-bond acceptors (Lipinski definition) is 5. The van der Waals surface area contributed by atoms with E-state index in [1.54, 1.807) is 11.3 Å². The highest BCUT2D eigenvalue weighted by atomic mass is 32.1. The summed E-state index contributed by atoms with van der Waals surface area (Å²) >= 11 is 1.68. The van der Waals surface area contributed by atoms with Crippen molar-refractivity contribution in [3.05, 3.63) is 11.6 Å². The minimum absolute atomic E-state index is 0.0302. The Labute approximate surface area is 113 Å². The Morgan fingerprint density at radius 1 is 1.33 bits per heavy atom. The normalized spacial score (nSPS) is 33.7. The number of rotatable bonds is 3. The van der Waals surface area contributed by atoms with Gasteiger partial charge in [-0.3, -0.25) is 4.90 Å². The number of likely N-dealkylation sites (tertiary alicyclic amines) is 1. The Hall–Kier alpha value is -0.650. The third kappa shape index (κ3) is 2.53. The first-order chi connectivity index (χ1) is 8.76. The van der Waals surface area contributed by atoms with E-state index in [2.05, 4.69) is 15.2 Å². The molecule has 1 aromatic heterocycles. The smallest absolute Gasteiger partial charge is 0.182 e. The lowest BCUT2D eigenvalue weighted by atomic mass is 9.85. The SMILES string of the molecule is NC1(N2CCCC2)CCC(Nc2nccs2)CC1. The average molecular weight is 266 g/mol. The van der Waals surface area contributed by atoms with Gasteiger partial charge in [-0.1, -0.05) is 0 Å². The summed E-state index contributed by atoms with van der Waals surface area (Å²) in [6.07, 6.45) is 9.03. The second-order valence-electron chi connectivity index (χ2n) is 5.55. The first-order valence-electron chi connectivity index (χ1n) is 6.96. The van der Waals surface area contributed by atoms with Crippen LogP contribution in [0.2, 0.25) is 0 Å². The van der Waals surface area contributed by atoms with Crippen LogP contribution >= 0.6 is 11.3 Å². The van der Waals surface area contributed by atoms with Gasteiger partial charge in [0.05, 0.1) is 5.66 Å². The predicted octanol–water partition coefficient (Wildman–Crippen LogP) is 2.25. The summed E-state index contributed by atoms with van der Waals surface area (Å²) in [7, 11) is 0. The molecule has 0 radical (unpaired) electrons. The van der Waals surface area contributed by atoms with Gasteiger partial charge in [0.25, 0.3) is 0 Å². The summed E-state index contributed by atoms with van der Waals surface area (Å²) in [5, 5.41) is 6.59. The highest BCUT2D eigenvalue weighted by Crippen LogP contribution is 2.33. The summed E-state index contributed by atoms with van der Waals surface area (Å²) in [4.78, 5) is 6.80. The molecule has 100 valence electrons. The largest absolute Gasteiger partial charge is 0.359 e. The van der Waals surface area contributed by atoms with Crippen molar-refractivity contribution in [2.75, 3.05) is 18.4 Å². The van der Waals surface area contributed by atoms with E-state index in [1.807, 2.05) is 11.6 Å². The van der Waals surface area contributed by atoms with Crippen LogP contribution in [0.5, 0.6) is 0 Å². The standard InChI is InChI=1S/C13H22N4S/c14-13(17-8-1-2-9-17)5-3-11(4-6-13)16-12-15-7-10-18-12/h7,10-11H,1-6,8-9,14H2,(H,15,16). The molecule has 3 N–H and O–H groups in total. The number of nitrogens with one attached hydrogen (secondary N) is 1. The molecule has 1 saturated carbocycles. The lowest BCUT2D eigenvalue weighted by Gasteiger charge is -2.43. The lowest BCUT2D eigenvalue weighted by molar-refractivity contribution is 0.0756. The molecule has 0 bridgehead atoms. The monoisotopic (exact) mass is 266 g/mol. The Bertz CT molecular complexity index is 364. The number of nitrogens with zero attached hydrogens (tertiary/aromatic N) is 2. The quantitative estimate of drug-likeness (QED) is 0.881. The van der Waals surface area contributed by atoms with Crippen LogP contribution < -0.4 is 11.1 Å². The van der Waals surface area contributed by atoms with Gasteiger partial charge in [-0.05, 0) is 51.6 Å². The zero-order valence-electron chi connectivity index (χ0n) is 10.8. The van der Waals surface area contributed by atoms with Gasteiger partial charge in [0.15, 0.2) is 5.13 Å². The predicted molar refractivity (Wildman–Crippen MR) is 75.7 cm³/mol. The molecule has 0 spiro atoms. The number of hydrogen-bond donors (Lipinski definition) is 2. The summed E-state index contributed by atoms with van der Waals surface area (Å²) in [6, 6.07) is 0.551. The maximum absolute atomic E-state index is 6.59.